The molecule has 2 aliphatic rings. The molecular weight excluding hydrogens is 408 g/mol. The van der Waals surface area contributed by atoms with Crippen LogP contribution in [0.25, 0.3) is 10.6 Å². The number of likely N-dealkylation sites (tertiary alicyclic amines) is 1. The number of amides is 1. The molecule has 1 saturated heterocycles. The monoisotopic (exact) mass is 427 g/mol. The topological polar surface area (TPSA) is 79.4 Å². The number of benzene rings is 1. The van der Waals surface area contributed by atoms with Gasteiger partial charge < -0.3 is 4.90 Å². The Morgan fingerprint density at radius 2 is 2.04 bits per heavy atom. The van der Waals surface area contributed by atoms with Crippen LogP contribution < -0.4 is 4.72 Å². The number of sulfonamides is 1. The SMILES string of the molecule is CS(=O)(=O)NC1CCN(C(=O)C2CC2c2cnc(-c3c(F)cccc3F)s2)C1. The highest BCUT2D eigenvalue weighted by Gasteiger charge is 2.48. The van der Waals surface area contributed by atoms with Gasteiger partial charge in [0.2, 0.25) is 15.9 Å². The van der Waals surface area contributed by atoms with Gasteiger partial charge in [-0.15, -0.1) is 11.3 Å². The third-order valence-corrected chi connectivity index (χ3v) is 6.96. The highest BCUT2D eigenvalue weighted by Crippen LogP contribution is 2.51. The number of carbonyl (C=O) groups excluding carboxylic acids is 1. The van der Waals surface area contributed by atoms with Gasteiger partial charge in [-0.3, -0.25) is 4.79 Å². The van der Waals surface area contributed by atoms with E-state index in [2.05, 4.69) is 9.71 Å². The first-order chi connectivity index (χ1) is 13.2. The van der Waals surface area contributed by atoms with E-state index in [4.69, 9.17) is 0 Å². The molecule has 0 bridgehead atoms. The summed E-state index contributed by atoms with van der Waals surface area (Å²) in [5, 5.41) is 0.266. The number of nitrogens with one attached hydrogen (secondary N) is 1. The Hall–Kier alpha value is -1.91. The van der Waals surface area contributed by atoms with Gasteiger partial charge in [0.05, 0.1) is 11.8 Å². The molecular formula is C18H19F2N3O3S2. The summed E-state index contributed by atoms with van der Waals surface area (Å²) < 4.78 is 53.1. The van der Waals surface area contributed by atoms with E-state index >= 15 is 0 Å². The maximum atomic E-state index is 13.9. The average molecular weight is 427 g/mol. The first-order valence-electron chi connectivity index (χ1n) is 8.89. The van der Waals surface area contributed by atoms with Crippen LogP contribution in [-0.2, 0) is 14.8 Å². The van der Waals surface area contributed by atoms with Crippen molar-refractivity contribution in [2.75, 3.05) is 19.3 Å². The van der Waals surface area contributed by atoms with Crippen LogP contribution in [0.3, 0.4) is 0 Å². The van der Waals surface area contributed by atoms with Crippen LogP contribution in [-0.4, -0.2) is 49.6 Å². The number of hydrogen-bond donors (Lipinski definition) is 1. The molecule has 2 fully saturated rings. The summed E-state index contributed by atoms with van der Waals surface area (Å²) in [7, 11) is -3.30. The number of rotatable bonds is 5. The highest BCUT2D eigenvalue weighted by molar-refractivity contribution is 7.88. The number of aromatic nitrogens is 1. The van der Waals surface area contributed by atoms with Gasteiger partial charge >= 0.3 is 0 Å². The van der Waals surface area contributed by atoms with E-state index in [1.54, 1.807) is 11.1 Å². The Morgan fingerprint density at radius 1 is 1.32 bits per heavy atom. The van der Waals surface area contributed by atoms with Gasteiger partial charge in [-0.2, -0.15) is 0 Å². The summed E-state index contributed by atoms with van der Waals surface area (Å²) in [6.07, 6.45) is 3.95. The molecule has 2 heterocycles. The molecule has 2 aromatic rings. The Bertz CT molecular complexity index is 1000. The Labute approximate surface area is 165 Å². The second-order valence-corrected chi connectivity index (χ2v) is 10.1. The molecule has 6 nitrogen and oxygen atoms in total. The lowest BCUT2D eigenvalue weighted by Crippen LogP contribution is -2.38. The quantitative estimate of drug-likeness (QED) is 0.795. The minimum absolute atomic E-state index is 0.00417. The van der Waals surface area contributed by atoms with Crippen molar-refractivity contribution in [3.05, 3.63) is 40.9 Å². The fourth-order valence-electron chi connectivity index (χ4n) is 3.65. The largest absolute Gasteiger partial charge is 0.341 e. The van der Waals surface area contributed by atoms with E-state index in [9.17, 15) is 22.0 Å². The fraction of sp³-hybridized carbons (Fsp3) is 0.444. The lowest BCUT2D eigenvalue weighted by molar-refractivity contribution is -0.131. The summed E-state index contributed by atoms with van der Waals surface area (Å²) in [5.41, 5.74) is -0.142. The van der Waals surface area contributed by atoms with Crippen LogP contribution in [0.5, 0.6) is 0 Å². The van der Waals surface area contributed by atoms with Crippen LogP contribution in [0, 0.1) is 17.6 Å². The molecule has 1 aliphatic heterocycles. The number of halogens is 2. The van der Waals surface area contributed by atoms with Crippen LogP contribution in [0.15, 0.2) is 24.4 Å². The van der Waals surface area contributed by atoms with Crippen molar-refractivity contribution in [1.82, 2.24) is 14.6 Å². The van der Waals surface area contributed by atoms with Gasteiger partial charge in [-0.05, 0) is 25.0 Å². The van der Waals surface area contributed by atoms with Crippen molar-refractivity contribution in [3.63, 3.8) is 0 Å². The van der Waals surface area contributed by atoms with Crippen molar-refractivity contribution < 1.29 is 22.0 Å². The number of carbonyl (C=O) groups is 1. The average Bonchev–Trinajstić information content (AvgIpc) is 3.02. The molecule has 10 heteroatoms. The van der Waals surface area contributed by atoms with E-state index in [1.165, 1.54) is 29.5 Å². The molecule has 1 aromatic carbocycles. The van der Waals surface area contributed by atoms with Crippen LogP contribution in [0.4, 0.5) is 8.78 Å². The zero-order chi connectivity index (χ0) is 20.1. The molecule has 1 aliphatic carbocycles. The summed E-state index contributed by atoms with van der Waals surface area (Å²) in [6, 6.07) is 3.43. The van der Waals surface area contributed by atoms with Crippen LogP contribution in [0.2, 0.25) is 0 Å². The fourth-order valence-corrected chi connectivity index (χ4v) is 5.59. The summed E-state index contributed by atoms with van der Waals surface area (Å²) in [5.74, 6) is -1.52. The molecule has 3 atom stereocenters. The predicted octanol–water partition coefficient (Wildman–Crippen LogP) is 2.34. The van der Waals surface area contributed by atoms with Crippen LogP contribution in [0.1, 0.15) is 23.6 Å². The van der Waals surface area contributed by atoms with Crippen molar-refractivity contribution >= 4 is 27.3 Å². The van der Waals surface area contributed by atoms with Crippen molar-refractivity contribution in [2.45, 2.75) is 24.8 Å². The van der Waals surface area contributed by atoms with E-state index in [0.29, 0.717) is 25.9 Å². The first-order valence-corrected chi connectivity index (χ1v) is 11.6. The van der Waals surface area contributed by atoms with Gasteiger partial charge in [-0.25, -0.2) is 26.9 Å². The second kappa shape index (κ2) is 7.16. The Morgan fingerprint density at radius 3 is 2.71 bits per heavy atom. The number of thiazole rings is 1. The Balaban J connectivity index is 1.41. The molecule has 28 heavy (non-hydrogen) atoms. The van der Waals surface area contributed by atoms with Crippen LogP contribution >= 0.6 is 11.3 Å². The lowest BCUT2D eigenvalue weighted by Gasteiger charge is -2.16. The summed E-state index contributed by atoms with van der Waals surface area (Å²) in [4.78, 5) is 19.4. The normalized spacial score (nSPS) is 24.5. The molecule has 1 N–H and O–H groups in total. The molecule has 0 radical (unpaired) electrons. The standard InChI is InChI=1S/C18H19F2N3O3S2/c1-28(25,26)22-10-5-6-23(9-10)18(24)12-7-11(12)15-8-21-17(27-15)16-13(19)3-2-4-14(16)20/h2-4,8,10-12,22H,5-7,9H2,1H3. The summed E-state index contributed by atoms with van der Waals surface area (Å²) >= 11 is 1.20. The molecule has 1 amide bonds. The molecule has 0 spiro atoms. The van der Waals surface area contributed by atoms with Gasteiger partial charge in [0.15, 0.2) is 0 Å². The van der Waals surface area contributed by atoms with E-state index in [0.717, 1.165) is 11.1 Å². The minimum Gasteiger partial charge on any atom is -0.341 e. The van der Waals surface area contributed by atoms with Gasteiger partial charge in [0, 0.05) is 42.0 Å². The van der Waals surface area contributed by atoms with Crippen molar-refractivity contribution in [2.24, 2.45) is 5.92 Å². The smallest absolute Gasteiger partial charge is 0.226 e. The van der Waals surface area contributed by atoms with Crippen molar-refractivity contribution in [3.8, 4) is 10.6 Å². The molecule has 1 saturated carbocycles. The Kier molecular flexibility index (Phi) is 4.96. The maximum absolute atomic E-state index is 13.9. The predicted molar refractivity (Wildman–Crippen MR) is 101 cm³/mol. The van der Waals surface area contributed by atoms with Crippen molar-refractivity contribution in [1.29, 1.82) is 0 Å². The number of hydrogen-bond acceptors (Lipinski definition) is 5. The zero-order valence-corrected chi connectivity index (χ0v) is 16.7. The zero-order valence-electron chi connectivity index (χ0n) is 15.1. The molecule has 1 aromatic heterocycles. The minimum atomic E-state index is -3.30. The third kappa shape index (κ3) is 3.94. The van der Waals surface area contributed by atoms with Gasteiger partial charge in [0.1, 0.15) is 16.6 Å². The molecule has 3 unspecified atom stereocenters. The van der Waals surface area contributed by atoms with Gasteiger partial charge in [0.25, 0.3) is 0 Å². The maximum Gasteiger partial charge on any atom is 0.226 e. The number of nitrogens with zero attached hydrogens (tertiary/aromatic N) is 2. The third-order valence-electron chi connectivity index (χ3n) is 5.05. The lowest BCUT2D eigenvalue weighted by atomic mass is 10.2. The summed E-state index contributed by atoms with van der Waals surface area (Å²) in [6.45, 7) is 0.882. The van der Waals surface area contributed by atoms with E-state index in [-0.39, 0.29) is 34.4 Å². The molecule has 150 valence electrons. The van der Waals surface area contributed by atoms with E-state index < -0.39 is 21.7 Å². The molecule has 4 rings (SSSR count). The first kappa shape index (κ1) is 19.4. The highest BCUT2D eigenvalue weighted by atomic mass is 32.2. The second-order valence-electron chi connectivity index (χ2n) is 7.27. The van der Waals surface area contributed by atoms with E-state index in [1.807, 2.05) is 0 Å². The van der Waals surface area contributed by atoms with Gasteiger partial charge in [-0.1, -0.05) is 6.07 Å².